The number of fused-ring (bicyclic) bond motifs is 1. The first-order chi connectivity index (χ1) is 9.35. The molecule has 5 heteroatoms. The number of rotatable bonds is 1. The number of carbonyl (C=O) groups is 2. The van der Waals surface area contributed by atoms with Crippen LogP contribution in [0.2, 0.25) is 0 Å². The Labute approximate surface area is 118 Å². The van der Waals surface area contributed by atoms with Crippen LogP contribution in [-0.2, 0) is 16.0 Å². The van der Waals surface area contributed by atoms with E-state index < -0.39 is 11.7 Å². The van der Waals surface area contributed by atoms with Crippen molar-refractivity contribution in [2.75, 3.05) is 5.32 Å². The van der Waals surface area contributed by atoms with Crippen LogP contribution in [0.3, 0.4) is 0 Å². The molecule has 0 unspecified atom stereocenters. The molecule has 5 nitrogen and oxygen atoms in total. The summed E-state index contributed by atoms with van der Waals surface area (Å²) in [6.45, 7) is 5.30. The van der Waals surface area contributed by atoms with E-state index in [4.69, 9.17) is 4.74 Å². The first kappa shape index (κ1) is 14.1. The van der Waals surface area contributed by atoms with Crippen LogP contribution >= 0.6 is 0 Å². The second kappa shape index (κ2) is 5.36. The first-order valence-corrected chi connectivity index (χ1v) is 6.44. The number of alkyl carbamates (subject to hydrolysis) is 1. The first-order valence-electron chi connectivity index (χ1n) is 6.44. The summed E-state index contributed by atoms with van der Waals surface area (Å²) in [5.41, 5.74) is 1.36. The average molecular weight is 274 g/mol. The number of hydrogen-bond donors (Lipinski definition) is 2. The molecule has 2 rings (SSSR count). The Hall–Kier alpha value is -2.30. The van der Waals surface area contributed by atoms with Crippen molar-refractivity contribution in [2.24, 2.45) is 0 Å². The minimum absolute atomic E-state index is 0.204. The molecule has 1 aliphatic heterocycles. The van der Waals surface area contributed by atoms with Crippen molar-refractivity contribution < 1.29 is 14.3 Å². The number of nitrogens with one attached hydrogen (secondary N) is 2. The number of anilines is 1. The van der Waals surface area contributed by atoms with Crippen molar-refractivity contribution >= 4 is 17.7 Å². The van der Waals surface area contributed by atoms with E-state index in [0.717, 1.165) is 11.3 Å². The third-order valence-electron chi connectivity index (χ3n) is 2.67. The zero-order valence-electron chi connectivity index (χ0n) is 11.8. The minimum Gasteiger partial charge on any atom is -0.444 e. The highest BCUT2D eigenvalue weighted by Gasteiger charge is 2.21. The molecule has 2 amide bonds. The molecule has 0 saturated carbocycles. The van der Waals surface area contributed by atoms with Crippen molar-refractivity contribution in [1.82, 2.24) is 5.32 Å². The highest BCUT2D eigenvalue weighted by molar-refractivity contribution is 6.06. The van der Waals surface area contributed by atoms with Crippen LogP contribution in [0.1, 0.15) is 26.3 Å². The van der Waals surface area contributed by atoms with Gasteiger partial charge in [0, 0.05) is 5.69 Å². The summed E-state index contributed by atoms with van der Waals surface area (Å²) < 4.78 is 5.14. The summed E-state index contributed by atoms with van der Waals surface area (Å²) in [7, 11) is 0. The zero-order valence-corrected chi connectivity index (χ0v) is 11.8. The number of ether oxygens (including phenoxy) is 1. The molecule has 0 spiro atoms. The van der Waals surface area contributed by atoms with Crippen LogP contribution in [0, 0.1) is 0 Å². The van der Waals surface area contributed by atoms with Crippen molar-refractivity contribution in [1.29, 1.82) is 0 Å². The zero-order chi connectivity index (χ0) is 14.8. The van der Waals surface area contributed by atoms with Crippen molar-refractivity contribution in [3.63, 3.8) is 0 Å². The van der Waals surface area contributed by atoms with Gasteiger partial charge in [0.25, 0.3) is 5.91 Å². The molecule has 0 saturated heterocycles. The fraction of sp³-hybridized carbons (Fsp3) is 0.333. The molecule has 0 bridgehead atoms. The fourth-order valence-electron chi connectivity index (χ4n) is 1.84. The van der Waals surface area contributed by atoms with Gasteiger partial charge in [0.05, 0.1) is 0 Å². The summed E-state index contributed by atoms with van der Waals surface area (Å²) >= 11 is 0. The Morgan fingerprint density at radius 3 is 2.70 bits per heavy atom. The maximum Gasteiger partial charge on any atom is 0.412 e. The number of hydrogen-bond acceptors (Lipinski definition) is 3. The lowest BCUT2D eigenvalue weighted by Gasteiger charge is -2.20. The summed E-state index contributed by atoms with van der Waals surface area (Å²) in [5, 5.41) is 5.25. The number of amides is 2. The van der Waals surface area contributed by atoms with Crippen molar-refractivity contribution in [3.8, 4) is 0 Å². The van der Waals surface area contributed by atoms with Gasteiger partial charge in [0.15, 0.2) is 0 Å². The molecule has 1 aromatic rings. The number of para-hydroxylation sites is 1. The fourth-order valence-corrected chi connectivity index (χ4v) is 1.84. The van der Waals surface area contributed by atoms with Crippen molar-refractivity contribution in [3.05, 3.63) is 41.6 Å². The molecule has 1 aliphatic rings. The molecule has 0 atom stereocenters. The largest absolute Gasteiger partial charge is 0.444 e. The van der Waals surface area contributed by atoms with E-state index in [9.17, 15) is 9.59 Å². The van der Waals surface area contributed by atoms with E-state index in [1.807, 2.05) is 24.3 Å². The topological polar surface area (TPSA) is 67.4 Å². The second-order valence-electron chi connectivity index (χ2n) is 5.56. The molecule has 20 heavy (non-hydrogen) atoms. The Kier molecular flexibility index (Phi) is 3.79. The van der Waals surface area contributed by atoms with Gasteiger partial charge in [0.2, 0.25) is 0 Å². The standard InChI is InChI=1S/C15H18N2O3/c1-15(2,3)20-14(19)17-12-9-8-10-6-4-5-7-11(10)16-13(12)18/h4-7,9H,8H2,1-3H3,(H,16,18)(H,17,19). The molecule has 106 valence electrons. The highest BCUT2D eigenvalue weighted by atomic mass is 16.6. The summed E-state index contributed by atoms with van der Waals surface area (Å²) in [6.07, 6.45) is 1.62. The van der Waals surface area contributed by atoms with E-state index in [2.05, 4.69) is 10.6 Å². The SMILES string of the molecule is CC(C)(C)OC(=O)NC1=CCc2ccccc2NC1=O. The summed E-state index contributed by atoms with van der Waals surface area (Å²) in [4.78, 5) is 23.7. The van der Waals surface area contributed by atoms with Gasteiger partial charge in [-0.3, -0.25) is 10.1 Å². The van der Waals surface area contributed by atoms with Gasteiger partial charge in [-0.2, -0.15) is 0 Å². The molecule has 0 aliphatic carbocycles. The number of carbonyl (C=O) groups excluding carboxylic acids is 2. The molecule has 0 aromatic heterocycles. The number of allylic oxidation sites excluding steroid dienone is 1. The monoisotopic (exact) mass is 274 g/mol. The van der Waals surface area contributed by atoms with E-state index in [1.54, 1.807) is 26.8 Å². The Morgan fingerprint density at radius 1 is 1.30 bits per heavy atom. The summed E-state index contributed by atoms with van der Waals surface area (Å²) in [6, 6.07) is 7.52. The third-order valence-corrected chi connectivity index (χ3v) is 2.67. The quantitative estimate of drug-likeness (QED) is 0.827. The van der Waals surface area contributed by atoms with Crippen LogP contribution in [-0.4, -0.2) is 17.6 Å². The van der Waals surface area contributed by atoms with Crippen LogP contribution < -0.4 is 10.6 Å². The van der Waals surface area contributed by atoms with Gasteiger partial charge in [-0.05, 0) is 38.8 Å². The van der Waals surface area contributed by atoms with E-state index >= 15 is 0 Å². The van der Waals surface area contributed by atoms with Crippen LogP contribution in [0.5, 0.6) is 0 Å². The lowest BCUT2D eigenvalue weighted by Crippen LogP contribution is -2.35. The van der Waals surface area contributed by atoms with Gasteiger partial charge in [-0.1, -0.05) is 24.3 Å². The molecular weight excluding hydrogens is 256 g/mol. The van der Waals surface area contributed by atoms with E-state index in [-0.39, 0.29) is 11.6 Å². The normalized spacial score (nSPS) is 14.6. The van der Waals surface area contributed by atoms with Gasteiger partial charge in [0.1, 0.15) is 11.3 Å². The minimum atomic E-state index is -0.634. The van der Waals surface area contributed by atoms with Gasteiger partial charge >= 0.3 is 6.09 Å². The predicted molar refractivity (Wildman–Crippen MR) is 76.2 cm³/mol. The maximum atomic E-state index is 12.0. The summed E-state index contributed by atoms with van der Waals surface area (Å²) in [5.74, 6) is -0.346. The molecule has 1 aromatic carbocycles. The Bertz CT molecular complexity index is 571. The highest BCUT2D eigenvalue weighted by Crippen LogP contribution is 2.20. The van der Waals surface area contributed by atoms with Gasteiger partial charge in [-0.25, -0.2) is 4.79 Å². The second-order valence-corrected chi connectivity index (χ2v) is 5.56. The van der Waals surface area contributed by atoms with Gasteiger partial charge in [-0.15, -0.1) is 0 Å². The van der Waals surface area contributed by atoms with E-state index in [0.29, 0.717) is 6.42 Å². The van der Waals surface area contributed by atoms with Gasteiger partial charge < -0.3 is 10.1 Å². The molecule has 1 heterocycles. The third kappa shape index (κ3) is 3.60. The van der Waals surface area contributed by atoms with E-state index in [1.165, 1.54) is 0 Å². The lowest BCUT2D eigenvalue weighted by molar-refractivity contribution is -0.113. The van der Waals surface area contributed by atoms with Crippen molar-refractivity contribution in [2.45, 2.75) is 32.8 Å². The molecular formula is C15H18N2O3. The molecule has 0 fully saturated rings. The predicted octanol–water partition coefficient (Wildman–Crippen LogP) is 2.59. The average Bonchev–Trinajstić information content (AvgIpc) is 2.47. The lowest BCUT2D eigenvalue weighted by atomic mass is 10.1. The Morgan fingerprint density at radius 2 is 2.00 bits per heavy atom. The molecule has 2 N–H and O–H groups in total. The number of benzene rings is 1. The Balaban J connectivity index is 2.09. The maximum absolute atomic E-state index is 12.0. The van der Waals surface area contributed by atoms with Crippen LogP contribution in [0.25, 0.3) is 0 Å². The van der Waals surface area contributed by atoms with Crippen LogP contribution in [0.15, 0.2) is 36.0 Å². The van der Waals surface area contributed by atoms with Crippen LogP contribution in [0.4, 0.5) is 10.5 Å². The molecule has 0 radical (unpaired) electrons. The smallest absolute Gasteiger partial charge is 0.412 e.